The molecule has 164 valence electrons. The molecule has 1 aliphatic rings. The van der Waals surface area contributed by atoms with E-state index >= 15 is 0 Å². The van der Waals surface area contributed by atoms with Crippen LogP contribution in [0.5, 0.6) is 0 Å². The average molecular weight is 455 g/mol. The largest absolute Gasteiger partial charge is 0.269 e. The number of nitro groups is 1. The number of nitro benzene ring substituents is 1. The van der Waals surface area contributed by atoms with Crippen LogP contribution in [0.3, 0.4) is 0 Å². The summed E-state index contributed by atoms with van der Waals surface area (Å²) in [6.07, 6.45) is 0.791. The Bertz CT molecular complexity index is 1350. The third-order valence-electron chi connectivity index (χ3n) is 6.00. The van der Waals surface area contributed by atoms with E-state index in [-0.39, 0.29) is 11.7 Å². The molecule has 3 aromatic carbocycles. The van der Waals surface area contributed by atoms with E-state index in [1.165, 1.54) is 40.2 Å². The number of anilines is 1. The number of benzene rings is 3. The van der Waals surface area contributed by atoms with Crippen LogP contribution in [0, 0.1) is 24.0 Å². The van der Waals surface area contributed by atoms with Gasteiger partial charge in [-0.2, -0.15) is 5.10 Å². The molecule has 0 saturated carbocycles. The minimum atomic E-state index is -0.395. The highest BCUT2D eigenvalue weighted by molar-refractivity contribution is 7.14. The molecule has 0 saturated heterocycles. The number of hydrogen-bond donors (Lipinski definition) is 0. The summed E-state index contributed by atoms with van der Waals surface area (Å²) >= 11 is 1.53. The Hall–Kier alpha value is -3.84. The lowest BCUT2D eigenvalue weighted by molar-refractivity contribution is -0.384. The molecule has 0 N–H and O–H groups in total. The van der Waals surface area contributed by atoms with E-state index in [1.54, 1.807) is 12.1 Å². The summed E-state index contributed by atoms with van der Waals surface area (Å²) in [5.74, 6) is 0. The highest BCUT2D eigenvalue weighted by Crippen LogP contribution is 2.39. The topological polar surface area (TPSA) is 71.6 Å². The number of aromatic nitrogens is 1. The molecular formula is C26H22N4O2S. The molecule has 33 heavy (non-hydrogen) atoms. The number of aryl methyl sites for hydroxylation is 2. The summed E-state index contributed by atoms with van der Waals surface area (Å²) in [4.78, 5) is 15.4. The highest BCUT2D eigenvalue weighted by Gasteiger charge is 2.31. The van der Waals surface area contributed by atoms with Crippen molar-refractivity contribution in [3.8, 4) is 11.3 Å². The molecule has 7 heteroatoms. The summed E-state index contributed by atoms with van der Waals surface area (Å²) in [5, 5.41) is 20.8. The third-order valence-corrected chi connectivity index (χ3v) is 6.83. The van der Waals surface area contributed by atoms with Gasteiger partial charge in [0.15, 0.2) is 0 Å². The summed E-state index contributed by atoms with van der Waals surface area (Å²) in [7, 11) is 0. The Labute approximate surface area is 196 Å². The van der Waals surface area contributed by atoms with Gasteiger partial charge < -0.3 is 0 Å². The van der Waals surface area contributed by atoms with Crippen molar-refractivity contribution in [2.45, 2.75) is 26.3 Å². The molecule has 0 fully saturated rings. The van der Waals surface area contributed by atoms with Gasteiger partial charge in [0.25, 0.3) is 5.69 Å². The maximum Gasteiger partial charge on any atom is 0.269 e. The minimum Gasteiger partial charge on any atom is -0.258 e. The van der Waals surface area contributed by atoms with Crippen LogP contribution >= 0.6 is 11.3 Å². The van der Waals surface area contributed by atoms with Crippen molar-refractivity contribution in [3.05, 3.63) is 111 Å². The first-order chi connectivity index (χ1) is 16.0. The fraction of sp³-hybridized carbons (Fsp3) is 0.154. The van der Waals surface area contributed by atoms with E-state index in [4.69, 9.17) is 10.1 Å². The summed E-state index contributed by atoms with van der Waals surface area (Å²) < 4.78 is 0. The van der Waals surface area contributed by atoms with Crippen LogP contribution < -0.4 is 5.01 Å². The first-order valence-electron chi connectivity index (χ1n) is 10.7. The van der Waals surface area contributed by atoms with Crippen LogP contribution in [0.1, 0.15) is 34.7 Å². The maximum atomic E-state index is 11.0. The highest BCUT2D eigenvalue weighted by atomic mass is 32.1. The Morgan fingerprint density at radius 1 is 0.970 bits per heavy atom. The van der Waals surface area contributed by atoms with Crippen molar-refractivity contribution in [1.82, 2.24) is 4.98 Å². The summed E-state index contributed by atoms with van der Waals surface area (Å²) in [6, 6.07) is 23.4. The average Bonchev–Trinajstić information content (AvgIpc) is 3.49. The molecular weight excluding hydrogens is 432 g/mol. The van der Waals surface area contributed by atoms with Crippen molar-refractivity contribution < 1.29 is 4.92 Å². The lowest BCUT2D eigenvalue weighted by Crippen LogP contribution is -2.18. The molecule has 0 radical (unpaired) electrons. The first-order valence-corrected chi connectivity index (χ1v) is 11.6. The first kappa shape index (κ1) is 21.0. The molecule has 1 atom stereocenters. The predicted molar refractivity (Wildman–Crippen MR) is 133 cm³/mol. The SMILES string of the molecule is Cc1ccc(C2=NN(c3nc(-c4ccc([N+](=O)[O-])cc4)cs3)C(c3ccccc3)C2)cc1C. The second kappa shape index (κ2) is 8.60. The van der Waals surface area contributed by atoms with Crippen LogP contribution in [0.2, 0.25) is 0 Å². The molecule has 1 aliphatic heterocycles. The Morgan fingerprint density at radius 2 is 1.70 bits per heavy atom. The molecule has 0 aliphatic carbocycles. The van der Waals surface area contributed by atoms with Crippen LogP contribution in [0.25, 0.3) is 11.3 Å². The second-order valence-electron chi connectivity index (χ2n) is 8.14. The zero-order chi connectivity index (χ0) is 22.9. The van der Waals surface area contributed by atoms with Gasteiger partial charge in [-0.25, -0.2) is 9.99 Å². The van der Waals surface area contributed by atoms with Crippen LogP contribution in [-0.2, 0) is 0 Å². The lowest BCUT2D eigenvalue weighted by Gasteiger charge is -2.21. The number of hydrazone groups is 1. The maximum absolute atomic E-state index is 11.0. The van der Waals surface area contributed by atoms with Crippen LogP contribution in [0.4, 0.5) is 10.8 Å². The third kappa shape index (κ3) is 4.15. The Kier molecular flexibility index (Phi) is 5.48. The molecule has 5 rings (SSSR count). The van der Waals surface area contributed by atoms with Crippen LogP contribution in [0.15, 0.2) is 83.3 Å². The fourth-order valence-electron chi connectivity index (χ4n) is 3.97. The number of nitrogens with zero attached hydrogens (tertiary/aromatic N) is 4. The van der Waals surface area contributed by atoms with Gasteiger partial charge >= 0.3 is 0 Å². The number of hydrogen-bond acceptors (Lipinski definition) is 6. The van der Waals surface area contributed by atoms with E-state index in [0.717, 1.165) is 34.1 Å². The summed E-state index contributed by atoms with van der Waals surface area (Å²) in [6.45, 7) is 4.24. The van der Waals surface area contributed by atoms with Crippen molar-refractivity contribution >= 4 is 27.9 Å². The standard InChI is InChI=1S/C26H22N4O2S/c1-17-8-9-21(14-18(17)2)23-15-25(20-6-4-3-5-7-20)29(28-23)26-27-24(16-33-26)19-10-12-22(13-11-19)30(31)32/h3-14,16,25H,15H2,1-2H3. The predicted octanol–water partition coefficient (Wildman–Crippen LogP) is 6.69. The van der Waals surface area contributed by atoms with Gasteiger partial charge in [-0.05, 0) is 54.3 Å². The molecule has 2 heterocycles. The number of non-ortho nitro benzene ring substituents is 1. The number of thiazole rings is 1. The lowest BCUT2D eigenvalue weighted by atomic mass is 9.97. The van der Waals surface area contributed by atoms with Crippen molar-refractivity contribution in [3.63, 3.8) is 0 Å². The van der Waals surface area contributed by atoms with E-state index in [2.05, 4.69) is 44.2 Å². The molecule has 1 unspecified atom stereocenters. The van der Waals surface area contributed by atoms with E-state index in [1.807, 2.05) is 28.6 Å². The summed E-state index contributed by atoms with van der Waals surface area (Å²) in [5.41, 5.74) is 7.57. The van der Waals surface area contributed by atoms with Crippen molar-refractivity contribution in [1.29, 1.82) is 0 Å². The van der Waals surface area contributed by atoms with E-state index in [0.29, 0.717) is 0 Å². The quantitative estimate of drug-likeness (QED) is 0.249. The van der Waals surface area contributed by atoms with Crippen molar-refractivity contribution in [2.24, 2.45) is 5.10 Å². The van der Waals surface area contributed by atoms with Gasteiger partial charge in [0.2, 0.25) is 5.13 Å². The van der Waals surface area contributed by atoms with Gasteiger partial charge in [-0.3, -0.25) is 10.1 Å². The fourth-order valence-corrected chi connectivity index (χ4v) is 4.81. The molecule has 4 aromatic rings. The molecule has 0 amide bonds. The second-order valence-corrected chi connectivity index (χ2v) is 8.98. The van der Waals surface area contributed by atoms with Gasteiger partial charge in [-0.1, -0.05) is 42.5 Å². The molecule has 6 nitrogen and oxygen atoms in total. The van der Waals surface area contributed by atoms with Gasteiger partial charge in [0.1, 0.15) is 0 Å². The molecule has 1 aromatic heterocycles. The Morgan fingerprint density at radius 3 is 2.39 bits per heavy atom. The van der Waals surface area contributed by atoms with E-state index in [9.17, 15) is 10.1 Å². The smallest absolute Gasteiger partial charge is 0.258 e. The van der Waals surface area contributed by atoms with Gasteiger partial charge in [0, 0.05) is 29.5 Å². The zero-order valence-corrected chi connectivity index (χ0v) is 19.1. The monoisotopic (exact) mass is 454 g/mol. The van der Waals surface area contributed by atoms with Gasteiger partial charge in [-0.15, -0.1) is 11.3 Å². The minimum absolute atomic E-state index is 0.0543. The van der Waals surface area contributed by atoms with Gasteiger partial charge in [0.05, 0.1) is 22.4 Å². The number of rotatable bonds is 5. The van der Waals surface area contributed by atoms with Crippen molar-refractivity contribution in [2.75, 3.05) is 5.01 Å². The van der Waals surface area contributed by atoms with E-state index < -0.39 is 4.92 Å². The van der Waals surface area contributed by atoms with Crippen LogP contribution in [-0.4, -0.2) is 15.6 Å². The zero-order valence-electron chi connectivity index (χ0n) is 18.3. The molecule has 0 bridgehead atoms. The Balaban J connectivity index is 1.51. The normalized spacial score (nSPS) is 15.5. The molecule has 0 spiro atoms.